The first-order valence-electron chi connectivity index (χ1n) is 8.76. The minimum atomic E-state index is -0.550. The first kappa shape index (κ1) is 18.1. The van der Waals surface area contributed by atoms with Gasteiger partial charge in [0, 0.05) is 17.3 Å². The lowest BCUT2D eigenvalue weighted by Crippen LogP contribution is -3.11. The van der Waals surface area contributed by atoms with E-state index in [4.69, 9.17) is 0 Å². The van der Waals surface area contributed by atoms with Gasteiger partial charge in [-0.15, -0.1) is 0 Å². The number of carbonyl (C=O) groups is 2. The molecule has 1 unspecified atom stereocenters. The Balaban J connectivity index is 1.74. The zero-order chi connectivity index (χ0) is 18.5. The molecular weight excluding hydrogens is 333 g/mol. The van der Waals surface area contributed by atoms with E-state index < -0.39 is 6.04 Å². The van der Waals surface area contributed by atoms with Crippen LogP contribution in [0.3, 0.4) is 0 Å². The maximum absolute atomic E-state index is 13.1. The zero-order valence-electron chi connectivity index (χ0n) is 14.7. The number of carbonyl (C=O) groups excluding carboxylic acids is 2. The van der Waals surface area contributed by atoms with E-state index in [9.17, 15) is 14.0 Å². The quantitative estimate of drug-likeness (QED) is 0.700. The van der Waals surface area contributed by atoms with Crippen LogP contribution in [0.4, 0.5) is 10.1 Å². The third-order valence-corrected chi connectivity index (χ3v) is 4.38. The van der Waals surface area contributed by atoms with Crippen molar-refractivity contribution in [1.82, 2.24) is 5.32 Å². The van der Waals surface area contributed by atoms with E-state index in [1.165, 1.54) is 24.3 Å². The fraction of sp³-hybridized carbons (Fsp3) is 0.300. The summed E-state index contributed by atoms with van der Waals surface area (Å²) >= 11 is 0. The number of amides is 2. The molecule has 3 N–H and O–H groups in total. The topological polar surface area (TPSA) is 62.6 Å². The number of nitrogens with one attached hydrogen (secondary N) is 3. The summed E-state index contributed by atoms with van der Waals surface area (Å²) < 4.78 is 13.1. The van der Waals surface area contributed by atoms with Gasteiger partial charge in [0.1, 0.15) is 5.82 Å². The highest BCUT2D eigenvalue weighted by atomic mass is 19.1. The number of benzene rings is 2. The van der Waals surface area contributed by atoms with Crippen LogP contribution in [0, 0.1) is 5.82 Å². The molecule has 5 nitrogen and oxygen atoms in total. The highest BCUT2D eigenvalue weighted by Gasteiger charge is 2.32. The lowest BCUT2D eigenvalue weighted by Gasteiger charge is -2.24. The molecule has 0 aromatic heterocycles. The van der Waals surface area contributed by atoms with Crippen molar-refractivity contribution in [3.05, 3.63) is 66.0 Å². The Morgan fingerprint density at radius 1 is 1.12 bits per heavy atom. The van der Waals surface area contributed by atoms with E-state index in [1.54, 1.807) is 0 Å². The van der Waals surface area contributed by atoms with Gasteiger partial charge in [-0.3, -0.25) is 9.59 Å². The Bertz CT molecular complexity index is 760. The Morgan fingerprint density at radius 2 is 1.77 bits per heavy atom. The van der Waals surface area contributed by atoms with Gasteiger partial charge in [0.25, 0.3) is 11.8 Å². The minimum Gasteiger partial charge on any atom is -0.348 e. The Kier molecular flexibility index (Phi) is 5.63. The Hall–Kier alpha value is -2.73. The standard InChI is InChI=1S/C20H22FN3O2/c1-24(13-18(25)22-16-11-12-16)19(14-5-3-2-4-6-14)20(26)23-17-9-7-15(21)8-10-17/h2-10,16,19H,11-13H2,1H3,(H,22,25)(H,23,26)/p+1/t19-/m1/s1. The van der Waals surface area contributed by atoms with Gasteiger partial charge < -0.3 is 15.5 Å². The van der Waals surface area contributed by atoms with Crippen molar-refractivity contribution in [3.8, 4) is 0 Å². The van der Waals surface area contributed by atoms with Crippen LogP contribution in [-0.2, 0) is 9.59 Å². The molecule has 2 atom stereocenters. The van der Waals surface area contributed by atoms with Crippen LogP contribution in [0.5, 0.6) is 0 Å². The number of quaternary nitrogens is 1. The number of halogens is 1. The zero-order valence-corrected chi connectivity index (χ0v) is 14.7. The smallest absolute Gasteiger partial charge is 0.287 e. The number of anilines is 1. The first-order chi connectivity index (χ1) is 12.5. The van der Waals surface area contributed by atoms with Crippen LogP contribution in [-0.4, -0.2) is 31.4 Å². The van der Waals surface area contributed by atoms with Crippen LogP contribution in [0.25, 0.3) is 0 Å². The second kappa shape index (κ2) is 8.10. The highest BCUT2D eigenvalue weighted by Crippen LogP contribution is 2.18. The summed E-state index contributed by atoms with van der Waals surface area (Å²) in [6, 6.07) is 14.7. The van der Waals surface area contributed by atoms with Crippen molar-refractivity contribution in [2.75, 3.05) is 18.9 Å². The summed E-state index contributed by atoms with van der Waals surface area (Å²) in [5, 5.41) is 5.77. The van der Waals surface area contributed by atoms with Crippen LogP contribution in [0.2, 0.25) is 0 Å². The molecule has 1 aliphatic carbocycles. The molecule has 0 saturated heterocycles. The second-order valence-electron chi connectivity index (χ2n) is 6.70. The number of hydrogen-bond donors (Lipinski definition) is 3. The summed E-state index contributed by atoms with van der Waals surface area (Å²) in [7, 11) is 1.83. The van der Waals surface area contributed by atoms with Gasteiger partial charge in [0.15, 0.2) is 12.6 Å². The first-order valence-corrected chi connectivity index (χ1v) is 8.76. The predicted molar refractivity (Wildman–Crippen MR) is 97.1 cm³/mol. The molecule has 26 heavy (non-hydrogen) atoms. The molecule has 1 saturated carbocycles. The van der Waals surface area contributed by atoms with E-state index in [2.05, 4.69) is 10.6 Å². The lowest BCUT2D eigenvalue weighted by molar-refractivity contribution is -0.894. The van der Waals surface area contributed by atoms with Crippen molar-refractivity contribution in [2.45, 2.75) is 24.9 Å². The molecular formula is C20H23FN3O2+. The molecule has 0 heterocycles. The molecule has 1 fully saturated rings. The second-order valence-corrected chi connectivity index (χ2v) is 6.70. The Labute approximate surface area is 152 Å². The van der Waals surface area contributed by atoms with E-state index in [0.717, 1.165) is 23.3 Å². The molecule has 2 amide bonds. The molecule has 0 radical (unpaired) electrons. The van der Waals surface area contributed by atoms with Crippen molar-refractivity contribution >= 4 is 17.5 Å². The molecule has 6 heteroatoms. The number of likely N-dealkylation sites (N-methyl/N-ethyl adjacent to an activating group) is 1. The maximum Gasteiger partial charge on any atom is 0.287 e. The predicted octanol–water partition coefficient (Wildman–Crippen LogP) is 1.30. The summed E-state index contributed by atoms with van der Waals surface area (Å²) in [6.07, 6.45) is 2.05. The SMILES string of the molecule is C[NH+](CC(=O)NC1CC1)[C@@H](C(=O)Nc1ccc(F)cc1)c1ccccc1. The summed E-state index contributed by atoms with van der Waals surface area (Å²) in [6.45, 7) is 0.201. The van der Waals surface area contributed by atoms with Crippen molar-refractivity contribution < 1.29 is 18.9 Å². The van der Waals surface area contributed by atoms with E-state index in [0.29, 0.717) is 11.7 Å². The molecule has 1 aliphatic rings. The molecule has 0 aliphatic heterocycles. The third kappa shape index (κ3) is 4.89. The van der Waals surface area contributed by atoms with Gasteiger partial charge in [-0.1, -0.05) is 30.3 Å². The fourth-order valence-corrected chi connectivity index (χ4v) is 2.91. The molecule has 2 aromatic carbocycles. The van der Waals surface area contributed by atoms with Gasteiger partial charge in [0.05, 0.1) is 7.05 Å². The van der Waals surface area contributed by atoms with Gasteiger partial charge in [0.2, 0.25) is 0 Å². The van der Waals surface area contributed by atoms with Crippen molar-refractivity contribution in [2.24, 2.45) is 0 Å². The fourth-order valence-electron chi connectivity index (χ4n) is 2.91. The van der Waals surface area contributed by atoms with Crippen molar-refractivity contribution in [3.63, 3.8) is 0 Å². The molecule has 0 bridgehead atoms. The normalized spacial score (nSPS) is 15.8. The molecule has 0 spiro atoms. The minimum absolute atomic E-state index is 0.0551. The highest BCUT2D eigenvalue weighted by molar-refractivity contribution is 5.94. The number of rotatable bonds is 7. The average Bonchev–Trinajstić information content (AvgIpc) is 3.42. The summed E-state index contributed by atoms with van der Waals surface area (Å²) in [5.74, 6) is -0.651. The summed E-state index contributed by atoms with van der Waals surface area (Å²) in [4.78, 5) is 25.8. The van der Waals surface area contributed by atoms with Crippen LogP contribution in [0.1, 0.15) is 24.4 Å². The Morgan fingerprint density at radius 3 is 2.38 bits per heavy atom. The molecule has 136 valence electrons. The van der Waals surface area contributed by atoms with E-state index in [-0.39, 0.29) is 24.2 Å². The van der Waals surface area contributed by atoms with Gasteiger partial charge >= 0.3 is 0 Å². The van der Waals surface area contributed by atoms with Gasteiger partial charge in [-0.05, 0) is 37.1 Å². The monoisotopic (exact) mass is 356 g/mol. The maximum atomic E-state index is 13.1. The third-order valence-electron chi connectivity index (χ3n) is 4.38. The van der Waals surface area contributed by atoms with Crippen LogP contribution >= 0.6 is 0 Å². The largest absolute Gasteiger partial charge is 0.348 e. The van der Waals surface area contributed by atoms with E-state index >= 15 is 0 Å². The molecule has 3 rings (SSSR count). The molecule has 2 aromatic rings. The van der Waals surface area contributed by atoms with Gasteiger partial charge in [-0.25, -0.2) is 4.39 Å². The van der Waals surface area contributed by atoms with E-state index in [1.807, 2.05) is 37.4 Å². The average molecular weight is 356 g/mol. The lowest BCUT2D eigenvalue weighted by atomic mass is 10.0. The van der Waals surface area contributed by atoms with Gasteiger partial charge in [-0.2, -0.15) is 0 Å². The van der Waals surface area contributed by atoms with Crippen LogP contribution < -0.4 is 15.5 Å². The van der Waals surface area contributed by atoms with Crippen LogP contribution in [0.15, 0.2) is 54.6 Å². The summed E-state index contributed by atoms with van der Waals surface area (Å²) in [5.41, 5.74) is 1.34. The van der Waals surface area contributed by atoms with Crippen molar-refractivity contribution in [1.29, 1.82) is 0 Å². The number of hydrogen-bond acceptors (Lipinski definition) is 2.